The maximum Gasteiger partial charge on any atom is 0.244 e. The molecule has 17 heavy (non-hydrogen) atoms. The molecule has 1 aliphatic heterocycles. The van der Waals surface area contributed by atoms with Gasteiger partial charge in [-0.3, -0.25) is 0 Å². The summed E-state index contributed by atoms with van der Waals surface area (Å²) >= 11 is 5.69. The third-order valence-corrected chi connectivity index (χ3v) is 2.54. The molecule has 1 aromatic rings. The van der Waals surface area contributed by atoms with E-state index in [0.717, 1.165) is 5.56 Å². The van der Waals surface area contributed by atoms with E-state index in [0.29, 0.717) is 30.7 Å². The number of nitrogens with one attached hydrogen (secondary N) is 2. The minimum Gasteiger partial charge on any atom is -0.574 e. The van der Waals surface area contributed by atoms with Gasteiger partial charge in [-0.15, -0.1) is 5.34 Å². The summed E-state index contributed by atoms with van der Waals surface area (Å²) in [6.07, 6.45) is 1.67. The van der Waals surface area contributed by atoms with Crippen LogP contribution < -0.4 is 10.8 Å². The highest BCUT2D eigenvalue weighted by atomic mass is 35.5. The summed E-state index contributed by atoms with van der Waals surface area (Å²) in [7, 11) is 0. The number of aromatic nitrogens is 1. The lowest BCUT2D eigenvalue weighted by Gasteiger charge is -2.22. The molecule has 1 atom stereocenters. The maximum absolute atomic E-state index is 10.5. The summed E-state index contributed by atoms with van der Waals surface area (Å²) in [4.78, 5) is 9.89. The van der Waals surface area contributed by atoms with Crippen molar-refractivity contribution >= 4 is 17.6 Å². The van der Waals surface area contributed by atoms with Crippen molar-refractivity contribution in [3.05, 3.63) is 34.3 Å². The van der Waals surface area contributed by atoms with E-state index in [1.54, 1.807) is 12.3 Å². The van der Waals surface area contributed by atoms with Crippen molar-refractivity contribution in [3.63, 3.8) is 0 Å². The Morgan fingerprint density at radius 3 is 3.06 bits per heavy atom. The van der Waals surface area contributed by atoms with Crippen LogP contribution in [0, 0.1) is 5.21 Å². The standard InChI is InChI=1S/C9H12ClN5O2/c10-8-2-1-7(5-12-8)6-14-4-3-11-9(14)13-15(16)17/h1-2,5,15-16H,3-4,6H2,(H,11,13). The van der Waals surface area contributed by atoms with Crippen LogP contribution in [0.15, 0.2) is 23.3 Å². The number of halogens is 1. The Hall–Kier alpha value is -1.41. The molecule has 3 N–H and O–H groups in total. The molecule has 7 nitrogen and oxygen atoms in total. The molecule has 0 saturated carbocycles. The molecule has 0 saturated heterocycles. The minimum atomic E-state index is -1.11. The molecule has 0 aromatic carbocycles. The molecule has 2 rings (SSSR count). The number of hydrogen-bond acceptors (Lipinski definition) is 6. The van der Waals surface area contributed by atoms with Crippen LogP contribution in [0.1, 0.15) is 5.56 Å². The van der Waals surface area contributed by atoms with Gasteiger partial charge in [0.15, 0.2) is 0 Å². The Kier molecular flexibility index (Phi) is 3.75. The molecule has 8 heteroatoms. The monoisotopic (exact) mass is 257 g/mol. The van der Waals surface area contributed by atoms with Crippen molar-refractivity contribution in [3.8, 4) is 0 Å². The lowest BCUT2D eigenvalue weighted by molar-refractivity contribution is -1.08. The summed E-state index contributed by atoms with van der Waals surface area (Å²) in [5.41, 5.74) is 3.22. The number of rotatable bonds is 3. The van der Waals surface area contributed by atoms with Gasteiger partial charge in [0.25, 0.3) is 0 Å². The lowest BCUT2D eigenvalue weighted by atomic mass is 10.3. The summed E-state index contributed by atoms with van der Waals surface area (Å²) in [5.74, 6) is 0.382. The van der Waals surface area contributed by atoms with Crippen molar-refractivity contribution in [2.24, 2.45) is 4.99 Å². The zero-order chi connectivity index (χ0) is 12.3. The molecule has 0 radical (unpaired) electrons. The van der Waals surface area contributed by atoms with E-state index in [4.69, 9.17) is 16.8 Å². The highest BCUT2D eigenvalue weighted by Gasteiger charge is 2.18. The number of aliphatic imine (C=N–C) groups is 1. The zero-order valence-corrected chi connectivity index (χ0v) is 9.68. The van der Waals surface area contributed by atoms with E-state index in [9.17, 15) is 5.21 Å². The second-order valence-corrected chi connectivity index (χ2v) is 3.93. The van der Waals surface area contributed by atoms with Crippen molar-refractivity contribution in [1.82, 2.24) is 15.3 Å². The van der Waals surface area contributed by atoms with Crippen LogP contribution >= 0.6 is 11.6 Å². The van der Waals surface area contributed by atoms with Crippen LogP contribution in [0.3, 0.4) is 0 Å². The summed E-state index contributed by atoms with van der Waals surface area (Å²) < 4.78 is 0. The van der Waals surface area contributed by atoms with Crippen LogP contribution in [0.5, 0.6) is 0 Å². The largest absolute Gasteiger partial charge is 0.574 e. The predicted octanol–water partition coefficient (Wildman–Crippen LogP) is -0.817. The van der Waals surface area contributed by atoms with E-state index >= 15 is 0 Å². The molecule has 2 heterocycles. The Morgan fingerprint density at radius 1 is 1.59 bits per heavy atom. The maximum atomic E-state index is 10.5. The van der Waals surface area contributed by atoms with Gasteiger partial charge < -0.3 is 10.1 Å². The van der Waals surface area contributed by atoms with Crippen LogP contribution in [-0.2, 0) is 6.54 Å². The van der Waals surface area contributed by atoms with E-state index < -0.39 is 5.34 Å². The van der Waals surface area contributed by atoms with Gasteiger partial charge in [0, 0.05) is 19.3 Å². The number of quaternary nitrogens is 1. The Labute approximate surface area is 103 Å². The molecule has 0 fully saturated rings. The fourth-order valence-corrected chi connectivity index (χ4v) is 1.68. The predicted molar refractivity (Wildman–Crippen MR) is 61.2 cm³/mol. The first-order valence-corrected chi connectivity index (χ1v) is 5.43. The van der Waals surface area contributed by atoms with E-state index in [1.165, 1.54) is 0 Å². The van der Waals surface area contributed by atoms with Gasteiger partial charge >= 0.3 is 0 Å². The molecule has 0 amide bonds. The van der Waals surface area contributed by atoms with Gasteiger partial charge in [-0.2, -0.15) is 10.6 Å². The Morgan fingerprint density at radius 2 is 2.41 bits per heavy atom. The average molecular weight is 258 g/mol. The van der Waals surface area contributed by atoms with Gasteiger partial charge in [-0.1, -0.05) is 17.7 Å². The normalized spacial score (nSPS) is 16.9. The number of pyridine rings is 1. The van der Waals surface area contributed by atoms with E-state index in [2.05, 4.69) is 15.4 Å². The smallest absolute Gasteiger partial charge is 0.244 e. The zero-order valence-electron chi connectivity index (χ0n) is 8.93. The van der Waals surface area contributed by atoms with E-state index in [-0.39, 0.29) is 0 Å². The van der Waals surface area contributed by atoms with Gasteiger partial charge in [0.1, 0.15) is 5.15 Å². The van der Waals surface area contributed by atoms with Crippen molar-refractivity contribution in [2.75, 3.05) is 13.1 Å². The SMILES string of the molecule is [O-][NH+](O)NC1=NCCN1Cc1ccc(Cl)nc1. The third-order valence-electron chi connectivity index (χ3n) is 2.31. The first kappa shape index (κ1) is 12.1. The van der Waals surface area contributed by atoms with Crippen molar-refractivity contribution < 1.29 is 10.5 Å². The first-order valence-electron chi connectivity index (χ1n) is 5.05. The van der Waals surface area contributed by atoms with E-state index in [1.807, 2.05) is 11.0 Å². The Balaban J connectivity index is 1.99. The average Bonchev–Trinajstić information content (AvgIpc) is 2.68. The summed E-state index contributed by atoms with van der Waals surface area (Å²) in [5, 5.41) is 18.5. The third kappa shape index (κ3) is 3.27. The summed E-state index contributed by atoms with van der Waals surface area (Å²) in [6, 6.07) is 3.56. The minimum absolute atomic E-state index is 0.382. The molecule has 0 spiro atoms. The van der Waals surface area contributed by atoms with Crippen LogP contribution in [-0.4, -0.2) is 34.1 Å². The van der Waals surface area contributed by atoms with Crippen molar-refractivity contribution in [1.29, 1.82) is 0 Å². The first-order chi connectivity index (χ1) is 8.15. The van der Waals surface area contributed by atoms with Crippen molar-refractivity contribution in [2.45, 2.75) is 6.54 Å². The van der Waals surface area contributed by atoms with Crippen LogP contribution in [0.2, 0.25) is 5.15 Å². The van der Waals surface area contributed by atoms with Crippen LogP contribution in [0.4, 0.5) is 0 Å². The fourth-order valence-electron chi connectivity index (χ4n) is 1.57. The molecular weight excluding hydrogens is 246 g/mol. The highest BCUT2D eigenvalue weighted by molar-refractivity contribution is 6.29. The number of hydrogen-bond donors (Lipinski definition) is 3. The number of nitrogens with zero attached hydrogens (tertiary/aromatic N) is 3. The molecule has 0 aliphatic carbocycles. The Bertz CT molecular complexity index is 408. The number of guanidine groups is 1. The molecule has 92 valence electrons. The molecule has 1 aliphatic rings. The quantitative estimate of drug-likeness (QED) is 0.487. The molecular formula is C9H12ClN5O2. The van der Waals surface area contributed by atoms with Crippen LogP contribution in [0.25, 0.3) is 0 Å². The van der Waals surface area contributed by atoms with Gasteiger partial charge in [-0.05, 0) is 11.6 Å². The lowest BCUT2D eigenvalue weighted by Crippen LogP contribution is -3.13. The fraction of sp³-hybridized carbons (Fsp3) is 0.333. The highest BCUT2D eigenvalue weighted by Crippen LogP contribution is 2.09. The molecule has 1 unspecified atom stereocenters. The molecule has 0 bridgehead atoms. The summed E-state index contributed by atoms with van der Waals surface area (Å²) in [6.45, 7) is 1.85. The topological polar surface area (TPSA) is 88.2 Å². The van der Waals surface area contributed by atoms with Gasteiger partial charge in [-0.25, -0.2) is 9.98 Å². The second-order valence-electron chi connectivity index (χ2n) is 3.55. The van der Waals surface area contributed by atoms with Gasteiger partial charge in [0.05, 0.1) is 6.54 Å². The second kappa shape index (κ2) is 5.28. The van der Waals surface area contributed by atoms with Gasteiger partial charge in [0.2, 0.25) is 5.96 Å². The molecule has 1 aromatic heterocycles.